The average molecular weight is 503 g/mol. The second-order valence-electron chi connectivity index (χ2n) is 7.72. The Morgan fingerprint density at radius 2 is 1.64 bits per heavy atom. The van der Waals surface area contributed by atoms with E-state index in [0.29, 0.717) is 33.6 Å². The fourth-order valence-corrected chi connectivity index (χ4v) is 4.71. The number of carbonyl (C=O) groups excluding carboxylic acids is 2. The van der Waals surface area contributed by atoms with Gasteiger partial charge in [-0.2, -0.15) is 0 Å². The zero-order valence-corrected chi connectivity index (χ0v) is 20.0. The minimum Gasteiger partial charge on any atom is -0.495 e. The summed E-state index contributed by atoms with van der Waals surface area (Å²) in [5.74, 6) is 0.708. The number of hydrogen-bond donors (Lipinski definition) is 4. The van der Waals surface area contributed by atoms with Crippen molar-refractivity contribution in [1.82, 2.24) is 0 Å². The lowest BCUT2D eigenvalue weighted by molar-refractivity contribution is 0.102. The van der Waals surface area contributed by atoms with E-state index in [1.807, 2.05) is 30.3 Å². The molecule has 2 heterocycles. The van der Waals surface area contributed by atoms with E-state index in [2.05, 4.69) is 16.0 Å². The van der Waals surface area contributed by atoms with Gasteiger partial charge in [0.05, 0.1) is 24.0 Å². The van der Waals surface area contributed by atoms with E-state index in [1.54, 1.807) is 42.5 Å². The largest absolute Gasteiger partial charge is 0.495 e. The highest BCUT2D eigenvalue weighted by Crippen LogP contribution is 2.40. The monoisotopic (exact) mass is 502 g/mol. The summed E-state index contributed by atoms with van der Waals surface area (Å²) in [6.07, 6.45) is 0. The van der Waals surface area contributed by atoms with Crippen LogP contribution >= 0.6 is 11.3 Å². The van der Waals surface area contributed by atoms with Crippen molar-refractivity contribution in [3.63, 3.8) is 0 Å². The van der Waals surface area contributed by atoms with Crippen molar-refractivity contribution in [2.24, 2.45) is 0 Å². The molecule has 0 aliphatic carbocycles. The third-order valence-corrected chi connectivity index (χ3v) is 6.52. The Kier molecular flexibility index (Phi) is 6.33. The maximum Gasteiger partial charge on any atom is 0.267 e. The molecule has 182 valence electrons. The molecule has 10 heteroatoms. The van der Waals surface area contributed by atoms with Gasteiger partial charge in [0.2, 0.25) is 6.79 Å². The van der Waals surface area contributed by atoms with Gasteiger partial charge in [-0.25, -0.2) is 0 Å². The summed E-state index contributed by atoms with van der Waals surface area (Å²) in [4.78, 5) is 26.8. The van der Waals surface area contributed by atoms with Gasteiger partial charge in [-0.3, -0.25) is 9.59 Å². The van der Waals surface area contributed by atoms with E-state index in [1.165, 1.54) is 7.11 Å². The molecule has 0 fully saturated rings. The number of anilines is 5. The van der Waals surface area contributed by atoms with Crippen LogP contribution < -0.4 is 35.9 Å². The molecule has 0 saturated heterocycles. The van der Waals surface area contributed by atoms with Crippen molar-refractivity contribution >= 4 is 50.9 Å². The predicted molar refractivity (Wildman–Crippen MR) is 140 cm³/mol. The molecule has 1 aliphatic rings. The molecule has 0 radical (unpaired) electrons. The number of nitrogens with one attached hydrogen (secondary N) is 3. The Morgan fingerprint density at radius 3 is 2.44 bits per heavy atom. The van der Waals surface area contributed by atoms with Crippen LogP contribution in [0.5, 0.6) is 17.2 Å². The molecule has 1 aliphatic heterocycles. The van der Waals surface area contributed by atoms with Gasteiger partial charge in [0.25, 0.3) is 11.8 Å². The summed E-state index contributed by atoms with van der Waals surface area (Å²) < 4.78 is 16.0. The molecule has 3 aromatic carbocycles. The zero-order valence-electron chi connectivity index (χ0n) is 19.2. The third kappa shape index (κ3) is 4.62. The lowest BCUT2D eigenvalue weighted by Gasteiger charge is -2.12. The zero-order chi connectivity index (χ0) is 25.1. The molecule has 5 rings (SSSR count). The van der Waals surface area contributed by atoms with Crippen LogP contribution in [0.15, 0.2) is 72.8 Å². The number of rotatable bonds is 7. The van der Waals surface area contributed by atoms with Crippen molar-refractivity contribution in [3.8, 4) is 17.2 Å². The fourth-order valence-electron chi connectivity index (χ4n) is 3.67. The van der Waals surface area contributed by atoms with Crippen LogP contribution in [0.3, 0.4) is 0 Å². The van der Waals surface area contributed by atoms with Crippen LogP contribution in [0.2, 0.25) is 0 Å². The molecule has 5 N–H and O–H groups in total. The molecule has 0 atom stereocenters. The number of thiophene rings is 1. The smallest absolute Gasteiger partial charge is 0.267 e. The normalized spacial score (nSPS) is 11.6. The number of nitrogens with two attached hydrogens (primary N) is 1. The lowest BCUT2D eigenvalue weighted by atomic mass is 10.2. The van der Waals surface area contributed by atoms with E-state index in [-0.39, 0.29) is 22.9 Å². The predicted octanol–water partition coefficient (Wildman–Crippen LogP) is 5.32. The summed E-state index contributed by atoms with van der Waals surface area (Å²) in [6, 6.07) is 21.4. The second kappa shape index (κ2) is 9.88. The topological polar surface area (TPSA) is 124 Å². The van der Waals surface area contributed by atoms with Gasteiger partial charge in [0, 0.05) is 17.4 Å². The number of methoxy groups -OCH3 is 1. The summed E-state index contributed by atoms with van der Waals surface area (Å²) in [7, 11) is 1.52. The Bertz CT molecular complexity index is 1440. The highest BCUT2D eigenvalue weighted by atomic mass is 32.1. The fraction of sp³-hybridized carbons (Fsp3) is 0.0769. The SMILES string of the molecule is COc1ccccc1NC(=O)c1c(Nc2ccccc2)sc(C(=O)Nc2ccc3c(c2)OCO3)c1N. The first-order valence-corrected chi connectivity index (χ1v) is 11.7. The maximum absolute atomic E-state index is 13.4. The minimum atomic E-state index is -0.478. The first-order chi connectivity index (χ1) is 17.5. The van der Waals surface area contributed by atoms with Crippen LogP contribution in [0.4, 0.5) is 27.8 Å². The number of hydrogen-bond acceptors (Lipinski definition) is 8. The molecule has 0 unspecified atom stereocenters. The summed E-state index contributed by atoms with van der Waals surface area (Å²) >= 11 is 1.09. The number of amides is 2. The van der Waals surface area contributed by atoms with E-state index in [0.717, 1.165) is 17.0 Å². The van der Waals surface area contributed by atoms with Gasteiger partial charge < -0.3 is 35.9 Å². The molecular formula is C26H22N4O5S. The van der Waals surface area contributed by atoms with Crippen molar-refractivity contribution in [2.75, 3.05) is 35.6 Å². The number of carbonyl (C=O) groups is 2. The third-order valence-electron chi connectivity index (χ3n) is 5.40. The molecule has 4 aromatic rings. The van der Waals surface area contributed by atoms with Crippen molar-refractivity contribution < 1.29 is 23.8 Å². The van der Waals surface area contributed by atoms with Crippen molar-refractivity contribution in [1.29, 1.82) is 0 Å². The van der Waals surface area contributed by atoms with Crippen LogP contribution in [-0.4, -0.2) is 25.7 Å². The Morgan fingerprint density at radius 1 is 0.889 bits per heavy atom. The highest BCUT2D eigenvalue weighted by Gasteiger charge is 2.27. The standard InChI is InChI=1S/C26H22N4O5S/c1-33-18-10-6-5-9-17(18)30-24(31)21-22(27)23(36-26(21)29-15-7-3-2-4-8-15)25(32)28-16-11-12-19-20(13-16)35-14-34-19/h2-13,29H,14,27H2,1H3,(H,28,32)(H,30,31). The first kappa shape index (κ1) is 23.1. The summed E-state index contributed by atoms with van der Waals surface area (Å²) in [5.41, 5.74) is 8.35. The maximum atomic E-state index is 13.4. The number of nitrogen functional groups attached to an aromatic ring is 1. The molecule has 36 heavy (non-hydrogen) atoms. The number of benzene rings is 3. The molecule has 0 saturated carbocycles. The molecule has 0 bridgehead atoms. The van der Waals surface area contributed by atoms with E-state index in [9.17, 15) is 9.59 Å². The van der Waals surface area contributed by atoms with Crippen LogP contribution in [0.25, 0.3) is 0 Å². The van der Waals surface area contributed by atoms with E-state index < -0.39 is 11.8 Å². The van der Waals surface area contributed by atoms with Crippen LogP contribution in [0, 0.1) is 0 Å². The quantitative estimate of drug-likeness (QED) is 0.270. The van der Waals surface area contributed by atoms with Crippen molar-refractivity contribution in [2.45, 2.75) is 0 Å². The van der Waals surface area contributed by atoms with Crippen LogP contribution in [0.1, 0.15) is 20.0 Å². The highest BCUT2D eigenvalue weighted by molar-refractivity contribution is 7.19. The van der Waals surface area contributed by atoms with E-state index >= 15 is 0 Å². The molecule has 9 nitrogen and oxygen atoms in total. The van der Waals surface area contributed by atoms with Gasteiger partial charge in [-0.15, -0.1) is 11.3 Å². The summed E-state index contributed by atoms with van der Waals surface area (Å²) in [5, 5.41) is 9.30. The number of para-hydroxylation sites is 3. The minimum absolute atomic E-state index is 0.0593. The number of ether oxygens (including phenoxy) is 3. The van der Waals surface area contributed by atoms with Crippen molar-refractivity contribution in [3.05, 3.63) is 83.2 Å². The first-order valence-electron chi connectivity index (χ1n) is 10.9. The van der Waals surface area contributed by atoms with Crippen LogP contribution in [-0.2, 0) is 0 Å². The second-order valence-corrected chi connectivity index (χ2v) is 8.74. The van der Waals surface area contributed by atoms with Gasteiger partial charge in [0.15, 0.2) is 11.5 Å². The molecule has 1 aromatic heterocycles. The molecular weight excluding hydrogens is 480 g/mol. The van der Waals surface area contributed by atoms with Gasteiger partial charge in [-0.1, -0.05) is 30.3 Å². The Hall–Kier alpha value is -4.70. The lowest BCUT2D eigenvalue weighted by Crippen LogP contribution is -2.17. The van der Waals surface area contributed by atoms with Gasteiger partial charge in [0.1, 0.15) is 15.6 Å². The average Bonchev–Trinajstić information content (AvgIpc) is 3.48. The van der Waals surface area contributed by atoms with Gasteiger partial charge in [-0.05, 0) is 36.4 Å². The Balaban J connectivity index is 1.47. The number of fused-ring (bicyclic) bond motifs is 1. The summed E-state index contributed by atoms with van der Waals surface area (Å²) in [6.45, 7) is 0.129. The molecule has 2 amide bonds. The Labute approximate surface area is 210 Å². The van der Waals surface area contributed by atoms with Gasteiger partial charge >= 0.3 is 0 Å². The molecule has 0 spiro atoms. The van der Waals surface area contributed by atoms with E-state index in [4.69, 9.17) is 19.9 Å².